The van der Waals surface area contributed by atoms with Crippen molar-refractivity contribution in [3.8, 4) is 6.07 Å². The molecule has 7 heteroatoms. The topological polar surface area (TPSA) is 108 Å². The SMILES string of the molecule is N#Cc1cccc(CNC(=O)c2ccc(NC3CC3)c([N+](=O)[O-])c2)c1. The van der Waals surface area contributed by atoms with Gasteiger partial charge in [-0.3, -0.25) is 14.9 Å². The summed E-state index contributed by atoms with van der Waals surface area (Å²) in [6, 6.07) is 13.6. The number of hydrogen-bond donors (Lipinski definition) is 2. The molecule has 126 valence electrons. The number of anilines is 1. The number of amides is 1. The highest BCUT2D eigenvalue weighted by Crippen LogP contribution is 2.31. The highest BCUT2D eigenvalue weighted by molar-refractivity contribution is 5.95. The summed E-state index contributed by atoms with van der Waals surface area (Å²) in [4.78, 5) is 23.0. The third kappa shape index (κ3) is 4.12. The molecule has 1 amide bonds. The van der Waals surface area contributed by atoms with Crippen LogP contribution in [-0.4, -0.2) is 16.9 Å². The maximum atomic E-state index is 12.3. The number of nitrogens with one attached hydrogen (secondary N) is 2. The van der Waals surface area contributed by atoms with E-state index in [-0.39, 0.29) is 23.8 Å². The van der Waals surface area contributed by atoms with Crippen molar-refractivity contribution in [2.75, 3.05) is 5.32 Å². The first-order valence-electron chi connectivity index (χ1n) is 7.89. The van der Waals surface area contributed by atoms with Crippen molar-refractivity contribution in [2.24, 2.45) is 0 Å². The van der Waals surface area contributed by atoms with Crippen LogP contribution in [0.1, 0.15) is 34.3 Å². The largest absolute Gasteiger partial charge is 0.377 e. The molecule has 0 atom stereocenters. The highest BCUT2D eigenvalue weighted by Gasteiger charge is 2.25. The molecular weight excluding hydrogens is 320 g/mol. The molecule has 1 saturated carbocycles. The summed E-state index contributed by atoms with van der Waals surface area (Å²) in [5.41, 5.74) is 1.85. The van der Waals surface area contributed by atoms with E-state index in [0.717, 1.165) is 18.4 Å². The zero-order valence-electron chi connectivity index (χ0n) is 13.4. The highest BCUT2D eigenvalue weighted by atomic mass is 16.6. The van der Waals surface area contributed by atoms with Gasteiger partial charge in [-0.25, -0.2) is 0 Å². The molecule has 0 radical (unpaired) electrons. The second-order valence-corrected chi connectivity index (χ2v) is 5.90. The predicted octanol–water partition coefficient (Wildman–Crippen LogP) is 2.97. The van der Waals surface area contributed by atoms with Crippen LogP contribution in [0.4, 0.5) is 11.4 Å². The van der Waals surface area contributed by atoms with Gasteiger partial charge in [0, 0.05) is 24.2 Å². The number of rotatable bonds is 6. The van der Waals surface area contributed by atoms with Crippen molar-refractivity contribution in [1.29, 1.82) is 5.26 Å². The Morgan fingerprint density at radius 3 is 2.76 bits per heavy atom. The van der Waals surface area contributed by atoms with Gasteiger partial charge in [-0.15, -0.1) is 0 Å². The van der Waals surface area contributed by atoms with Crippen LogP contribution in [-0.2, 0) is 6.54 Å². The van der Waals surface area contributed by atoms with Crippen molar-refractivity contribution in [3.63, 3.8) is 0 Å². The first-order valence-corrected chi connectivity index (χ1v) is 7.89. The molecule has 7 nitrogen and oxygen atoms in total. The molecule has 0 bridgehead atoms. The van der Waals surface area contributed by atoms with Gasteiger partial charge in [0.1, 0.15) is 5.69 Å². The third-order valence-electron chi connectivity index (χ3n) is 3.90. The van der Waals surface area contributed by atoms with Crippen molar-refractivity contribution >= 4 is 17.3 Å². The monoisotopic (exact) mass is 336 g/mol. The van der Waals surface area contributed by atoms with Gasteiger partial charge < -0.3 is 10.6 Å². The number of nitro groups is 1. The Hall–Kier alpha value is -3.40. The fraction of sp³-hybridized carbons (Fsp3) is 0.222. The van der Waals surface area contributed by atoms with Gasteiger partial charge in [0.15, 0.2) is 0 Å². The molecule has 25 heavy (non-hydrogen) atoms. The van der Waals surface area contributed by atoms with E-state index in [4.69, 9.17) is 5.26 Å². The predicted molar refractivity (Wildman–Crippen MR) is 92.1 cm³/mol. The van der Waals surface area contributed by atoms with Gasteiger partial charge in [0.05, 0.1) is 16.6 Å². The van der Waals surface area contributed by atoms with E-state index in [9.17, 15) is 14.9 Å². The van der Waals surface area contributed by atoms with Crippen molar-refractivity contribution < 1.29 is 9.72 Å². The minimum atomic E-state index is -0.488. The summed E-state index contributed by atoms with van der Waals surface area (Å²) in [5, 5.41) is 25.9. The molecule has 0 spiro atoms. The van der Waals surface area contributed by atoms with Gasteiger partial charge in [-0.05, 0) is 42.7 Å². The van der Waals surface area contributed by atoms with Crippen LogP contribution in [0.15, 0.2) is 42.5 Å². The zero-order chi connectivity index (χ0) is 17.8. The van der Waals surface area contributed by atoms with Gasteiger partial charge in [0.25, 0.3) is 11.6 Å². The van der Waals surface area contributed by atoms with E-state index in [2.05, 4.69) is 10.6 Å². The summed E-state index contributed by atoms with van der Waals surface area (Å²) >= 11 is 0. The molecule has 2 aromatic rings. The van der Waals surface area contributed by atoms with E-state index in [1.165, 1.54) is 6.07 Å². The summed E-state index contributed by atoms with van der Waals surface area (Å²) < 4.78 is 0. The number of nitriles is 1. The molecule has 1 aliphatic carbocycles. The van der Waals surface area contributed by atoms with Crippen LogP contribution < -0.4 is 10.6 Å². The Balaban J connectivity index is 1.71. The first-order chi connectivity index (χ1) is 12.1. The van der Waals surface area contributed by atoms with Gasteiger partial charge in [-0.2, -0.15) is 5.26 Å². The molecule has 0 aliphatic heterocycles. The van der Waals surface area contributed by atoms with Crippen LogP contribution >= 0.6 is 0 Å². The van der Waals surface area contributed by atoms with Crippen molar-refractivity contribution in [1.82, 2.24) is 5.32 Å². The summed E-state index contributed by atoms with van der Waals surface area (Å²) in [7, 11) is 0. The smallest absolute Gasteiger partial charge is 0.293 e. The average Bonchev–Trinajstić information content (AvgIpc) is 3.44. The third-order valence-corrected chi connectivity index (χ3v) is 3.90. The maximum absolute atomic E-state index is 12.3. The van der Waals surface area contributed by atoms with Crippen LogP contribution in [0.3, 0.4) is 0 Å². The van der Waals surface area contributed by atoms with E-state index >= 15 is 0 Å². The molecular formula is C18H16N4O3. The second kappa shape index (κ2) is 7.01. The van der Waals surface area contributed by atoms with E-state index < -0.39 is 10.8 Å². The number of carbonyl (C=O) groups is 1. The Kier molecular flexibility index (Phi) is 4.61. The number of benzene rings is 2. The Morgan fingerprint density at radius 2 is 2.08 bits per heavy atom. The van der Waals surface area contributed by atoms with Crippen LogP contribution in [0, 0.1) is 21.4 Å². The number of nitro benzene ring substituents is 1. The lowest BCUT2D eigenvalue weighted by atomic mass is 10.1. The normalized spacial score (nSPS) is 12.9. The Bertz CT molecular complexity index is 869. The van der Waals surface area contributed by atoms with Gasteiger partial charge >= 0.3 is 0 Å². The van der Waals surface area contributed by atoms with Gasteiger partial charge in [0.2, 0.25) is 0 Å². The standard InChI is InChI=1S/C18H16N4O3/c19-10-12-2-1-3-13(8-12)11-20-18(23)14-4-7-16(21-15-5-6-15)17(9-14)22(24)25/h1-4,7-9,15,21H,5-6,11H2,(H,20,23). The van der Waals surface area contributed by atoms with Crippen molar-refractivity contribution in [3.05, 3.63) is 69.3 Å². The fourth-order valence-corrected chi connectivity index (χ4v) is 2.43. The van der Waals surface area contributed by atoms with Crippen LogP contribution in [0.2, 0.25) is 0 Å². The fourth-order valence-electron chi connectivity index (χ4n) is 2.43. The molecule has 0 heterocycles. The average molecular weight is 336 g/mol. The van der Waals surface area contributed by atoms with Crippen LogP contribution in [0.5, 0.6) is 0 Å². The van der Waals surface area contributed by atoms with E-state index in [1.807, 2.05) is 6.07 Å². The molecule has 1 fully saturated rings. The molecule has 2 N–H and O–H groups in total. The lowest BCUT2D eigenvalue weighted by Crippen LogP contribution is -2.23. The maximum Gasteiger partial charge on any atom is 0.293 e. The molecule has 0 saturated heterocycles. The Labute approximate surface area is 144 Å². The van der Waals surface area contributed by atoms with E-state index in [0.29, 0.717) is 11.3 Å². The molecule has 0 aromatic heterocycles. The van der Waals surface area contributed by atoms with Crippen molar-refractivity contribution in [2.45, 2.75) is 25.4 Å². The lowest BCUT2D eigenvalue weighted by molar-refractivity contribution is -0.384. The minimum absolute atomic E-state index is 0.106. The minimum Gasteiger partial charge on any atom is -0.377 e. The molecule has 1 aliphatic rings. The van der Waals surface area contributed by atoms with Gasteiger partial charge in [-0.1, -0.05) is 12.1 Å². The Morgan fingerprint density at radius 1 is 1.28 bits per heavy atom. The number of hydrogen-bond acceptors (Lipinski definition) is 5. The summed E-state index contributed by atoms with van der Waals surface area (Å²) in [6.07, 6.45) is 2.00. The molecule has 2 aromatic carbocycles. The second-order valence-electron chi connectivity index (χ2n) is 5.90. The number of carbonyl (C=O) groups excluding carboxylic acids is 1. The zero-order valence-corrected chi connectivity index (χ0v) is 13.4. The summed E-state index contributed by atoms with van der Waals surface area (Å²) in [6.45, 7) is 0.240. The quantitative estimate of drug-likeness (QED) is 0.623. The number of nitrogens with zero attached hydrogens (tertiary/aromatic N) is 2. The molecule has 3 rings (SSSR count). The first kappa shape index (κ1) is 16.5. The molecule has 0 unspecified atom stereocenters. The lowest BCUT2D eigenvalue weighted by Gasteiger charge is -2.09. The summed E-state index contributed by atoms with van der Waals surface area (Å²) in [5.74, 6) is -0.400. The van der Waals surface area contributed by atoms with Crippen LogP contribution in [0.25, 0.3) is 0 Å². The van der Waals surface area contributed by atoms with E-state index in [1.54, 1.807) is 36.4 Å².